The number of nitrogens with one attached hydrogen (secondary N) is 1. The van der Waals surface area contributed by atoms with Crippen molar-refractivity contribution in [2.45, 2.75) is 27.4 Å². The van der Waals surface area contributed by atoms with Crippen molar-refractivity contribution in [2.24, 2.45) is 0 Å². The van der Waals surface area contributed by atoms with Crippen LogP contribution in [-0.2, 0) is 16.1 Å². The molecule has 106 valence electrons. The van der Waals surface area contributed by atoms with Gasteiger partial charge in [0.15, 0.2) is 0 Å². The summed E-state index contributed by atoms with van der Waals surface area (Å²) in [5, 5.41) is 11.6. The van der Waals surface area contributed by atoms with Crippen LogP contribution in [0.3, 0.4) is 0 Å². The van der Waals surface area contributed by atoms with Crippen LogP contribution in [0.4, 0.5) is 5.13 Å². The van der Waals surface area contributed by atoms with Crippen molar-refractivity contribution < 1.29 is 9.53 Å². The van der Waals surface area contributed by atoms with Gasteiger partial charge in [0, 0.05) is 0 Å². The third kappa shape index (κ3) is 4.11. The summed E-state index contributed by atoms with van der Waals surface area (Å²) in [5.74, 6) is -0.217. The highest BCUT2D eigenvalue weighted by atomic mass is 32.1. The molecular formula is C14H17N3O2S. The third-order valence-electron chi connectivity index (χ3n) is 2.76. The molecule has 0 aliphatic carbocycles. The fourth-order valence-electron chi connectivity index (χ4n) is 1.76. The van der Waals surface area contributed by atoms with Gasteiger partial charge in [-0.15, -0.1) is 10.2 Å². The molecule has 20 heavy (non-hydrogen) atoms. The van der Waals surface area contributed by atoms with E-state index in [0.717, 1.165) is 10.6 Å². The van der Waals surface area contributed by atoms with Crippen molar-refractivity contribution in [3.63, 3.8) is 0 Å². The molecule has 0 aliphatic heterocycles. The molecule has 0 radical (unpaired) electrons. The van der Waals surface area contributed by atoms with Gasteiger partial charge in [0.1, 0.15) is 11.6 Å². The Morgan fingerprint density at radius 1 is 1.30 bits per heavy atom. The first-order valence-electron chi connectivity index (χ1n) is 6.28. The molecule has 1 aromatic carbocycles. The summed E-state index contributed by atoms with van der Waals surface area (Å²) in [6.07, 6.45) is 0. The van der Waals surface area contributed by atoms with E-state index in [9.17, 15) is 4.79 Å². The molecule has 5 nitrogen and oxygen atoms in total. The summed E-state index contributed by atoms with van der Waals surface area (Å²) in [6.45, 7) is 6.36. The maximum Gasteiger partial charge on any atom is 0.252 e. The Kier molecular flexibility index (Phi) is 4.81. The van der Waals surface area contributed by atoms with Crippen LogP contribution in [0.5, 0.6) is 0 Å². The highest BCUT2D eigenvalue weighted by Gasteiger charge is 2.07. The van der Waals surface area contributed by atoms with Crippen molar-refractivity contribution in [1.29, 1.82) is 0 Å². The number of hydrogen-bond donors (Lipinski definition) is 1. The summed E-state index contributed by atoms with van der Waals surface area (Å²) in [4.78, 5) is 11.7. The number of benzene rings is 1. The van der Waals surface area contributed by atoms with Gasteiger partial charge in [0.05, 0.1) is 6.61 Å². The summed E-state index contributed by atoms with van der Waals surface area (Å²) in [7, 11) is 0. The van der Waals surface area contributed by atoms with E-state index in [1.54, 1.807) is 0 Å². The lowest BCUT2D eigenvalue weighted by Gasteiger charge is -2.07. The molecule has 0 spiro atoms. The molecule has 0 bridgehead atoms. The molecule has 1 N–H and O–H groups in total. The molecule has 0 fully saturated rings. The first kappa shape index (κ1) is 14.6. The zero-order valence-electron chi connectivity index (χ0n) is 11.8. The molecule has 0 atom stereocenters. The predicted octanol–water partition coefficient (Wildman–Crippen LogP) is 2.62. The summed E-state index contributed by atoms with van der Waals surface area (Å²) < 4.78 is 5.43. The van der Waals surface area contributed by atoms with Crippen molar-refractivity contribution in [2.75, 3.05) is 11.9 Å². The second-order valence-corrected chi connectivity index (χ2v) is 5.78. The Morgan fingerprint density at radius 3 is 2.75 bits per heavy atom. The SMILES string of the molecule is Cc1ccc(COCC(=O)Nc2nnc(C)s2)c(C)c1. The lowest BCUT2D eigenvalue weighted by atomic mass is 10.1. The molecule has 2 aromatic rings. The summed E-state index contributed by atoms with van der Waals surface area (Å²) in [6, 6.07) is 6.16. The zero-order chi connectivity index (χ0) is 14.5. The average Bonchev–Trinajstić information content (AvgIpc) is 2.77. The molecule has 0 unspecified atom stereocenters. The molecule has 1 amide bonds. The number of nitrogens with zero attached hydrogens (tertiary/aromatic N) is 2. The van der Waals surface area contributed by atoms with E-state index in [4.69, 9.17) is 4.74 Å². The van der Waals surface area contributed by atoms with Gasteiger partial charge in [0.2, 0.25) is 5.13 Å². The fraction of sp³-hybridized carbons (Fsp3) is 0.357. The second-order valence-electron chi connectivity index (χ2n) is 4.60. The number of aromatic nitrogens is 2. The quantitative estimate of drug-likeness (QED) is 0.919. The number of ether oxygens (including phenoxy) is 1. The van der Waals surface area contributed by atoms with E-state index in [-0.39, 0.29) is 12.5 Å². The van der Waals surface area contributed by atoms with E-state index < -0.39 is 0 Å². The Balaban J connectivity index is 1.79. The minimum absolute atomic E-state index is 0.00590. The van der Waals surface area contributed by atoms with Crippen LogP contribution < -0.4 is 5.32 Å². The highest BCUT2D eigenvalue weighted by molar-refractivity contribution is 7.15. The molecule has 6 heteroatoms. The van der Waals surface area contributed by atoms with Gasteiger partial charge in [-0.05, 0) is 31.9 Å². The first-order valence-corrected chi connectivity index (χ1v) is 7.10. The standard InChI is InChI=1S/C14H17N3O2S/c1-9-4-5-12(10(2)6-9)7-19-8-13(18)15-14-17-16-11(3)20-14/h4-6H,7-8H2,1-3H3,(H,15,17,18). The minimum atomic E-state index is -0.217. The number of carbonyl (C=O) groups excluding carboxylic acids is 1. The third-order valence-corrected chi connectivity index (χ3v) is 3.52. The lowest BCUT2D eigenvalue weighted by Crippen LogP contribution is -2.18. The van der Waals surface area contributed by atoms with E-state index in [2.05, 4.69) is 28.5 Å². The zero-order valence-corrected chi connectivity index (χ0v) is 12.6. The van der Waals surface area contributed by atoms with E-state index >= 15 is 0 Å². The fourth-order valence-corrected chi connectivity index (χ4v) is 2.37. The lowest BCUT2D eigenvalue weighted by molar-refractivity contribution is -0.121. The Labute approximate surface area is 122 Å². The van der Waals surface area contributed by atoms with Crippen LogP contribution in [0.25, 0.3) is 0 Å². The minimum Gasteiger partial charge on any atom is -0.367 e. The van der Waals surface area contributed by atoms with E-state index in [1.165, 1.54) is 22.5 Å². The van der Waals surface area contributed by atoms with Crippen molar-refractivity contribution in [3.05, 3.63) is 39.9 Å². The maximum absolute atomic E-state index is 11.7. The molecule has 1 aromatic heterocycles. The Bertz CT molecular complexity index is 610. The van der Waals surface area contributed by atoms with Gasteiger partial charge in [-0.2, -0.15) is 0 Å². The summed E-state index contributed by atoms with van der Waals surface area (Å²) >= 11 is 1.34. The Hall–Kier alpha value is -1.79. The normalized spacial score (nSPS) is 10.6. The van der Waals surface area contributed by atoms with Crippen LogP contribution in [0, 0.1) is 20.8 Å². The number of amides is 1. The topological polar surface area (TPSA) is 64.1 Å². The first-order chi connectivity index (χ1) is 9.54. The van der Waals surface area contributed by atoms with Crippen LogP contribution in [0.1, 0.15) is 21.7 Å². The number of rotatable bonds is 5. The molecule has 0 saturated carbocycles. The van der Waals surface area contributed by atoms with Crippen LogP contribution in [0.15, 0.2) is 18.2 Å². The smallest absolute Gasteiger partial charge is 0.252 e. The van der Waals surface area contributed by atoms with Crippen molar-refractivity contribution in [3.8, 4) is 0 Å². The van der Waals surface area contributed by atoms with Gasteiger partial charge in [-0.25, -0.2) is 0 Å². The van der Waals surface area contributed by atoms with E-state index in [0.29, 0.717) is 11.7 Å². The van der Waals surface area contributed by atoms with Crippen LogP contribution in [0.2, 0.25) is 0 Å². The van der Waals surface area contributed by atoms with Gasteiger partial charge in [0.25, 0.3) is 5.91 Å². The van der Waals surface area contributed by atoms with Crippen molar-refractivity contribution >= 4 is 22.4 Å². The highest BCUT2D eigenvalue weighted by Crippen LogP contribution is 2.14. The Morgan fingerprint density at radius 2 is 2.10 bits per heavy atom. The molecule has 0 aliphatic rings. The maximum atomic E-state index is 11.7. The van der Waals surface area contributed by atoms with Crippen LogP contribution in [-0.4, -0.2) is 22.7 Å². The number of aryl methyl sites for hydroxylation is 3. The van der Waals surface area contributed by atoms with Gasteiger partial charge in [-0.3, -0.25) is 10.1 Å². The van der Waals surface area contributed by atoms with Crippen molar-refractivity contribution in [1.82, 2.24) is 10.2 Å². The second kappa shape index (κ2) is 6.58. The number of carbonyl (C=O) groups is 1. The monoisotopic (exact) mass is 291 g/mol. The van der Waals surface area contributed by atoms with Gasteiger partial charge >= 0.3 is 0 Å². The largest absolute Gasteiger partial charge is 0.367 e. The average molecular weight is 291 g/mol. The summed E-state index contributed by atoms with van der Waals surface area (Å²) in [5.41, 5.74) is 3.48. The van der Waals surface area contributed by atoms with Crippen LogP contribution >= 0.6 is 11.3 Å². The molecule has 1 heterocycles. The van der Waals surface area contributed by atoms with Gasteiger partial charge in [-0.1, -0.05) is 35.1 Å². The molecular weight excluding hydrogens is 274 g/mol. The molecule has 2 rings (SSSR count). The van der Waals surface area contributed by atoms with E-state index in [1.807, 2.05) is 26.0 Å². The molecule has 0 saturated heterocycles. The predicted molar refractivity (Wildman–Crippen MR) is 78.8 cm³/mol. The number of anilines is 1. The number of hydrogen-bond acceptors (Lipinski definition) is 5. The van der Waals surface area contributed by atoms with Gasteiger partial charge < -0.3 is 4.74 Å².